The van der Waals surface area contributed by atoms with Crippen molar-refractivity contribution in [3.05, 3.63) is 82.0 Å². The van der Waals surface area contributed by atoms with Gasteiger partial charge in [0, 0.05) is 38.0 Å². The number of rotatable bonds is 9. The summed E-state index contributed by atoms with van der Waals surface area (Å²) in [4.78, 5) is 15.6. The summed E-state index contributed by atoms with van der Waals surface area (Å²) in [6, 6.07) is 14.3. The first kappa shape index (κ1) is 22.7. The second-order valence-corrected chi connectivity index (χ2v) is 10.1. The summed E-state index contributed by atoms with van der Waals surface area (Å²) in [6.07, 6.45) is -0.376. The van der Waals surface area contributed by atoms with Crippen LogP contribution < -0.4 is 9.47 Å². The first-order valence-corrected chi connectivity index (χ1v) is 12.7. The molecule has 5 nitrogen and oxygen atoms in total. The number of fused-ring (bicyclic) bond motifs is 1. The number of halogens is 2. The normalized spacial score (nSPS) is 15.2. The maximum absolute atomic E-state index is 13.9. The zero-order valence-electron chi connectivity index (χ0n) is 22.4. The molecule has 1 N–H and O–H groups in total. The van der Waals surface area contributed by atoms with Crippen molar-refractivity contribution in [1.82, 2.24) is 4.90 Å². The molecule has 1 aliphatic rings. The van der Waals surface area contributed by atoms with E-state index in [1.165, 1.54) is 29.5 Å². The molecule has 0 amide bonds. The van der Waals surface area contributed by atoms with Gasteiger partial charge in [0.05, 0.1) is 6.67 Å². The van der Waals surface area contributed by atoms with Crippen molar-refractivity contribution in [3.63, 3.8) is 0 Å². The topological polar surface area (TPSA) is 59.0 Å². The van der Waals surface area contributed by atoms with Gasteiger partial charge < -0.3 is 14.6 Å². The number of aromatic hydroxyl groups is 1. The van der Waals surface area contributed by atoms with Crippen LogP contribution in [0, 0.1) is 19.7 Å². The zero-order valence-corrected chi connectivity index (χ0v) is 21.2. The number of phenolic OH excluding ortho intramolecular Hbond substituents is 1. The lowest BCUT2D eigenvalue weighted by atomic mass is 9.97. The van der Waals surface area contributed by atoms with Crippen LogP contribution in [0.2, 0.25) is 0 Å². The third kappa shape index (κ3) is 5.31. The third-order valence-corrected chi connectivity index (χ3v) is 7.32. The summed E-state index contributed by atoms with van der Waals surface area (Å²) < 4.78 is 55.1. The van der Waals surface area contributed by atoms with Crippen LogP contribution in [0.4, 0.5) is 8.78 Å². The molecule has 1 aromatic heterocycles. The quantitative estimate of drug-likeness (QED) is 0.243. The largest absolute Gasteiger partial charge is 0.508 e. The van der Waals surface area contributed by atoms with E-state index in [9.17, 15) is 18.7 Å². The number of carbonyl (C=O) groups excluding carboxylic acids is 1. The van der Waals surface area contributed by atoms with E-state index in [1.807, 2.05) is 0 Å². The number of nitrogens with zero attached hydrogens (tertiary/aromatic N) is 1. The average Bonchev–Trinajstić information content (AvgIpc) is 3.18. The van der Waals surface area contributed by atoms with Crippen molar-refractivity contribution in [1.29, 1.82) is 0 Å². The molecule has 1 saturated heterocycles. The van der Waals surface area contributed by atoms with Gasteiger partial charge in [0.1, 0.15) is 34.0 Å². The number of benzene rings is 3. The van der Waals surface area contributed by atoms with Crippen LogP contribution in [0.15, 0.2) is 54.6 Å². The molecule has 192 valence electrons. The smallest absolute Gasteiger partial charge is 0.207 e. The minimum atomic E-state index is -1.69. The number of thiophene rings is 1. The van der Waals surface area contributed by atoms with Crippen molar-refractivity contribution >= 4 is 27.2 Å². The fourth-order valence-corrected chi connectivity index (χ4v) is 5.54. The number of likely N-dealkylation sites (tertiary alicyclic amines) is 1. The van der Waals surface area contributed by atoms with Gasteiger partial charge in [0.2, 0.25) is 5.78 Å². The van der Waals surface area contributed by atoms with Gasteiger partial charge in [-0.3, -0.25) is 14.1 Å². The summed E-state index contributed by atoms with van der Waals surface area (Å²) in [7, 11) is 0. The van der Waals surface area contributed by atoms with Crippen LogP contribution in [-0.2, 0) is 0 Å². The summed E-state index contributed by atoms with van der Waals surface area (Å²) >= 11 is 1.20. The number of ketones is 1. The molecular weight excluding hydrogens is 496 g/mol. The van der Waals surface area contributed by atoms with Crippen molar-refractivity contribution in [2.75, 3.05) is 26.3 Å². The van der Waals surface area contributed by atoms with Gasteiger partial charge in [0.15, 0.2) is 5.75 Å². The Bertz CT molecular complexity index is 1510. The molecule has 8 heteroatoms. The fraction of sp³-hybridized carbons (Fsp3) is 0.276. The monoisotopic (exact) mass is 525 g/mol. The summed E-state index contributed by atoms with van der Waals surface area (Å²) in [6.45, 7) is 1.72. The van der Waals surface area contributed by atoms with E-state index in [1.54, 1.807) is 55.1 Å². The molecule has 0 saturated carbocycles. The number of hydrogen-bond donors (Lipinski definition) is 1. The number of carbonyl (C=O) groups is 1. The Morgan fingerprint density at radius 1 is 1.11 bits per heavy atom. The molecule has 1 aliphatic heterocycles. The van der Waals surface area contributed by atoms with E-state index < -0.39 is 19.0 Å². The van der Waals surface area contributed by atoms with Gasteiger partial charge in [-0.25, -0.2) is 4.39 Å². The van der Waals surface area contributed by atoms with Crippen molar-refractivity contribution < 1.29 is 30.9 Å². The average molecular weight is 526 g/mol. The molecule has 4 aromatic rings. The maximum Gasteiger partial charge on any atom is 0.207 e. The zero-order chi connectivity index (χ0) is 27.9. The highest BCUT2D eigenvalue weighted by atomic mass is 32.1. The van der Waals surface area contributed by atoms with Crippen molar-refractivity contribution in [2.45, 2.75) is 26.4 Å². The van der Waals surface area contributed by atoms with Crippen molar-refractivity contribution in [2.24, 2.45) is 0 Å². The second-order valence-electron chi connectivity index (χ2n) is 9.00. The lowest BCUT2D eigenvalue weighted by Crippen LogP contribution is -2.53. The van der Waals surface area contributed by atoms with E-state index in [4.69, 9.17) is 12.2 Å². The number of aryl methyl sites for hydroxylation is 2. The first-order valence-electron chi connectivity index (χ1n) is 12.9. The minimum absolute atomic E-state index is 0.0669. The summed E-state index contributed by atoms with van der Waals surface area (Å²) in [5, 5.41) is 10.7. The van der Waals surface area contributed by atoms with Gasteiger partial charge in [-0.15, -0.1) is 11.3 Å². The summed E-state index contributed by atoms with van der Waals surface area (Å²) in [5.74, 6) is 0.759. The van der Waals surface area contributed by atoms with E-state index in [0.717, 1.165) is 0 Å². The Balaban J connectivity index is 1.37. The van der Waals surface area contributed by atoms with E-state index in [2.05, 4.69) is 0 Å². The highest BCUT2D eigenvalue weighted by Gasteiger charge is 2.28. The van der Waals surface area contributed by atoms with Gasteiger partial charge in [-0.1, -0.05) is 0 Å². The molecule has 0 spiro atoms. The molecule has 0 atom stereocenters. The Morgan fingerprint density at radius 3 is 2.46 bits per heavy atom. The molecule has 3 aromatic carbocycles. The number of ether oxygens (including phenoxy) is 2. The molecule has 0 radical (unpaired) electrons. The Morgan fingerprint density at radius 2 is 1.78 bits per heavy atom. The first-order chi connectivity index (χ1) is 18.6. The van der Waals surface area contributed by atoms with Gasteiger partial charge >= 0.3 is 0 Å². The molecule has 37 heavy (non-hydrogen) atoms. The molecule has 1 fully saturated rings. The van der Waals surface area contributed by atoms with E-state index in [0.29, 0.717) is 62.0 Å². The highest BCUT2D eigenvalue weighted by molar-refractivity contribution is 7.21. The summed E-state index contributed by atoms with van der Waals surface area (Å²) in [5.41, 5.74) is 1.46. The standard InChI is InChI=1S/C29H27F2NO4S/c1-17-12-19(31)13-18(2)26(17)27(34)29-28(24-9-4-20(33)14-25(24)37-29)36-22-7-5-21(6-8-22)35-23-15-32(16-23)11-3-10-30/h4-9,12-14,23,33H,3,10-11,15-16H2,1-2H3/i11D2. The van der Waals surface area contributed by atoms with Crippen LogP contribution in [0.5, 0.6) is 23.0 Å². The molecular formula is C29H27F2NO4S. The number of hydrogen-bond acceptors (Lipinski definition) is 6. The second kappa shape index (κ2) is 10.5. The van der Waals surface area contributed by atoms with Crippen LogP contribution in [0.25, 0.3) is 10.1 Å². The molecule has 0 unspecified atom stereocenters. The van der Waals surface area contributed by atoms with Crippen molar-refractivity contribution in [3.8, 4) is 23.0 Å². The lowest BCUT2D eigenvalue weighted by molar-refractivity contribution is 0.0184. The SMILES string of the molecule is [2H]C([2H])(CCF)N1CC(Oc2ccc(Oc3c(C(=O)c4c(C)cc(F)cc4C)sc4cc(O)ccc34)cc2)C1. The Labute approximate surface area is 220 Å². The van der Waals surface area contributed by atoms with Crippen LogP contribution in [0.3, 0.4) is 0 Å². The highest BCUT2D eigenvalue weighted by Crippen LogP contribution is 2.43. The minimum Gasteiger partial charge on any atom is -0.508 e. The third-order valence-electron chi connectivity index (χ3n) is 6.18. The maximum atomic E-state index is 13.9. The molecule has 0 aliphatic carbocycles. The number of alkyl halides is 1. The fourth-order valence-electron chi connectivity index (χ4n) is 4.43. The van der Waals surface area contributed by atoms with Crippen LogP contribution in [-0.4, -0.2) is 48.2 Å². The van der Waals surface area contributed by atoms with E-state index >= 15 is 0 Å². The number of phenols is 1. The Kier molecular flexibility index (Phi) is 6.42. The van der Waals surface area contributed by atoms with Gasteiger partial charge in [-0.2, -0.15) is 0 Å². The molecule has 2 heterocycles. The van der Waals surface area contributed by atoms with E-state index in [-0.39, 0.29) is 24.1 Å². The van der Waals surface area contributed by atoms with Crippen LogP contribution in [0.1, 0.15) is 35.5 Å². The predicted molar refractivity (Wildman–Crippen MR) is 141 cm³/mol. The van der Waals surface area contributed by atoms with Crippen LogP contribution >= 0.6 is 11.3 Å². The van der Waals surface area contributed by atoms with Gasteiger partial charge in [0.25, 0.3) is 0 Å². The molecule has 5 rings (SSSR count). The Hall–Kier alpha value is -3.49. The lowest BCUT2D eigenvalue weighted by Gasteiger charge is -2.38. The predicted octanol–water partition coefficient (Wildman–Crippen LogP) is 6.81. The van der Waals surface area contributed by atoms with Gasteiger partial charge in [-0.05, 0) is 86.0 Å². The molecule has 0 bridgehead atoms.